The molecule has 0 aliphatic carbocycles. The maximum atomic E-state index is 4.21. The molecule has 90 valence electrons. The maximum Gasteiger partial charge on any atom is 0.165 e. The van der Waals surface area contributed by atoms with Crippen molar-refractivity contribution in [1.29, 1.82) is 0 Å². The van der Waals surface area contributed by atoms with Crippen LogP contribution < -0.4 is 5.32 Å². The SMILES string of the molecule is CC(C)Nc1ccccc1CSc1ncc[nH]1. The highest BCUT2D eigenvalue weighted by molar-refractivity contribution is 7.98. The monoisotopic (exact) mass is 247 g/mol. The van der Waals surface area contributed by atoms with E-state index >= 15 is 0 Å². The first-order valence-electron chi connectivity index (χ1n) is 5.72. The summed E-state index contributed by atoms with van der Waals surface area (Å²) >= 11 is 1.71. The summed E-state index contributed by atoms with van der Waals surface area (Å²) < 4.78 is 0. The van der Waals surface area contributed by atoms with Gasteiger partial charge in [0.2, 0.25) is 0 Å². The molecule has 0 bridgehead atoms. The summed E-state index contributed by atoms with van der Waals surface area (Å²) in [7, 11) is 0. The molecule has 0 fully saturated rings. The zero-order valence-corrected chi connectivity index (χ0v) is 10.9. The summed E-state index contributed by atoms with van der Waals surface area (Å²) in [5.41, 5.74) is 2.52. The van der Waals surface area contributed by atoms with Crippen molar-refractivity contribution in [3.8, 4) is 0 Å². The van der Waals surface area contributed by atoms with Crippen LogP contribution in [0.15, 0.2) is 41.8 Å². The summed E-state index contributed by atoms with van der Waals surface area (Å²) in [4.78, 5) is 7.31. The summed E-state index contributed by atoms with van der Waals surface area (Å²) in [5.74, 6) is 0.920. The van der Waals surface area contributed by atoms with E-state index in [0.29, 0.717) is 6.04 Å². The van der Waals surface area contributed by atoms with Crippen molar-refractivity contribution in [3.63, 3.8) is 0 Å². The van der Waals surface area contributed by atoms with Gasteiger partial charge >= 0.3 is 0 Å². The van der Waals surface area contributed by atoms with Crippen molar-refractivity contribution in [1.82, 2.24) is 9.97 Å². The van der Waals surface area contributed by atoms with Crippen LogP contribution in [-0.2, 0) is 5.75 Å². The number of H-pyrrole nitrogens is 1. The number of anilines is 1. The molecule has 0 saturated heterocycles. The normalized spacial score (nSPS) is 10.8. The first-order valence-corrected chi connectivity index (χ1v) is 6.71. The lowest BCUT2D eigenvalue weighted by molar-refractivity contribution is 0.897. The number of aromatic nitrogens is 2. The van der Waals surface area contributed by atoms with Gasteiger partial charge in [-0.1, -0.05) is 30.0 Å². The third kappa shape index (κ3) is 3.53. The van der Waals surface area contributed by atoms with E-state index in [4.69, 9.17) is 0 Å². The molecule has 4 heteroatoms. The van der Waals surface area contributed by atoms with E-state index in [1.807, 2.05) is 6.20 Å². The average molecular weight is 247 g/mol. The molecule has 0 unspecified atom stereocenters. The predicted octanol–water partition coefficient (Wildman–Crippen LogP) is 3.52. The molecule has 0 aliphatic heterocycles. The Labute approximate surface area is 106 Å². The van der Waals surface area contributed by atoms with Gasteiger partial charge in [0.25, 0.3) is 0 Å². The Morgan fingerprint density at radius 1 is 1.35 bits per heavy atom. The molecule has 1 aromatic heterocycles. The van der Waals surface area contributed by atoms with Crippen LogP contribution in [0.1, 0.15) is 19.4 Å². The largest absolute Gasteiger partial charge is 0.383 e. The Morgan fingerprint density at radius 3 is 2.88 bits per heavy atom. The Bertz CT molecular complexity index is 451. The predicted molar refractivity (Wildman–Crippen MR) is 73.3 cm³/mol. The fourth-order valence-electron chi connectivity index (χ4n) is 1.57. The lowest BCUT2D eigenvalue weighted by Crippen LogP contribution is -2.11. The quantitative estimate of drug-likeness (QED) is 0.794. The van der Waals surface area contributed by atoms with Gasteiger partial charge in [-0.2, -0.15) is 0 Å². The van der Waals surface area contributed by atoms with Gasteiger partial charge in [0, 0.05) is 29.9 Å². The lowest BCUT2D eigenvalue weighted by Gasteiger charge is -2.14. The van der Waals surface area contributed by atoms with Crippen LogP contribution in [0.4, 0.5) is 5.69 Å². The van der Waals surface area contributed by atoms with Crippen molar-refractivity contribution in [2.24, 2.45) is 0 Å². The van der Waals surface area contributed by atoms with Crippen LogP contribution in [0.5, 0.6) is 0 Å². The van der Waals surface area contributed by atoms with Gasteiger partial charge in [-0.25, -0.2) is 4.98 Å². The van der Waals surface area contributed by atoms with Gasteiger partial charge < -0.3 is 10.3 Å². The fraction of sp³-hybridized carbons (Fsp3) is 0.308. The molecule has 1 aromatic carbocycles. The van der Waals surface area contributed by atoms with Crippen molar-refractivity contribution in [2.45, 2.75) is 30.8 Å². The number of hydrogen-bond donors (Lipinski definition) is 2. The first kappa shape index (κ1) is 12.0. The zero-order valence-electron chi connectivity index (χ0n) is 10.1. The topological polar surface area (TPSA) is 40.7 Å². The van der Waals surface area contributed by atoms with Crippen molar-refractivity contribution in [2.75, 3.05) is 5.32 Å². The van der Waals surface area contributed by atoms with Gasteiger partial charge in [-0.05, 0) is 25.5 Å². The van der Waals surface area contributed by atoms with E-state index in [9.17, 15) is 0 Å². The van der Waals surface area contributed by atoms with Gasteiger partial charge in [0.05, 0.1) is 0 Å². The smallest absolute Gasteiger partial charge is 0.165 e. The van der Waals surface area contributed by atoms with E-state index in [2.05, 4.69) is 53.4 Å². The van der Waals surface area contributed by atoms with E-state index in [1.54, 1.807) is 18.0 Å². The molecular formula is C13H17N3S. The second-order valence-electron chi connectivity index (χ2n) is 4.14. The van der Waals surface area contributed by atoms with Crippen LogP contribution >= 0.6 is 11.8 Å². The van der Waals surface area contributed by atoms with Crippen LogP contribution in [0.2, 0.25) is 0 Å². The number of rotatable bonds is 5. The van der Waals surface area contributed by atoms with Gasteiger partial charge in [0.15, 0.2) is 5.16 Å². The second-order valence-corrected chi connectivity index (χ2v) is 5.10. The Kier molecular flexibility index (Phi) is 4.09. The zero-order chi connectivity index (χ0) is 12.1. The molecule has 3 nitrogen and oxygen atoms in total. The molecule has 17 heavy (non-hydrogen) atoms. The highest BCUT2D eigenvalue weighted by Crippen LogP contribution is 2.24. The van der Waals surface area contributed by atoms with E-state index in [1.165, 1.54) is 11.3 Å². The van der Waals surface area contributed by atoms with Crippen LogP contribution in [0.25, 0.3) is 0 Å². The third-order valence-corrected chi connectivity index (χ3v) is 3.25. The van der Waals surface area contributed by atoms with Gasteiger partial charge in [0.1, 0.15) is 0 Å². The molecule has 2 aromatic rings. The minimum absolute atomic E-state index is 0.449. The molecule has 2 rings (SSSR count). The molecule has 1 heterocycles. The number of nitrogens with zero attached hydrogens (tertiary/aromatic N) is 1. The van der Waals surface area contributed by atoms with E-state index in [0.717, 1.165) is 10.9 Å². The Balaban J connectivity index is 2.04. The summed E-state index contributed by atoms with van der Waals surface area (Å²) in [6.45, 7) is 4.30. The number of nitrogens with one attached hydrogen (secondary N) is 2. The number of imidazole rings is 1. The number of benzene rings is 1. The highest BCUT2D eigenvalue weighted by atomic mass is 32.2. The Hall–Kier alpha value is -1.42. The molecule has 0 saturated carbocycles. The fourth-order valence-corrected chi connectivity index (χ4v) is 2.40. The van der Waals surface area contributed by atoms with E-state index in [-0.39, 0.29) is 0 Å². The molecule has 0 spiro atoms. The molecule has 0 atom stereocenters. The maximum absolute atomic E-state index is 4.21. The summed E-state index contributed by atoms with van der Waals surface area (Å²) in [5, 5.41) is 4.42. The first-order chi connectivity index (χ1) is 8.25. The number of aromatic amines is 1. The van der Waals surface area contributed by atoms with Crippen molar-refractivity contribution in [3.05, 3.63) is 42.2 Å². The van der Waals surface area contributed by atoms with Crippen LogP contribution in [0.3, 0.4) is 0 Å². The van der Waals surface area contributed by atoms with Crippen LogP contribution in [0, 0.1) is 0 Å². The van der Waals surface area contributed by atoms with Crippen molar-refractivity contribution < 1.29 is 0 Å². The molecular weight excluding hydrogens is 230 g/mol. The van der Waals surface area contributed by atoms with Gasteiger partial charge in [-0.3, -0.25) is 0 Å². The van der Waals surface area contributed by atoms with Crippen LogP contribution in [-0.4, -0.2) is 16.0 Å². The lowest BCUT2D eigenvalue weighted by atomic mass is 10.2. The minimum Gasteiger partial charge on any atom is -0.383 e. The van der Waals surface area contributed by atoms with Gasteiger partial charge in [-0.15, -0.1) is 0 Å². The summed E-state index contributed by atoms with van der Waals surface area (Å²) in [6, 6.07) is 8.86. The second kappa shape index (κ2) is 5.77. The van der Waals surface area contributed by atoms with Crippen molar-refractivity contribution >= 4 is 17.4 Å². The molecule has 0 radical (unpaired) electrons. The standard InChI is InChI=1S/C13H17N3S/c1-10(2)16-12-6-4-3-5-11(12)9-17-13-14-7-8-15-13/h3-8,10,16H,9H2,1-2H3,(H,14,15). The number of para-hydroxylation sites is 1. The third-order valence-electron chi connectivity index (χ3n) is 2.30. The minimum atomic E-state index is 0.449. The highest BCUT2D eigenvalue weighted by Gasteiger charge is 2.04. The molecule has 2 N–H and O–H groups in total. The number of hydrogen-bond acceptors (Lipinski definition) is 3. The molecule has 0 aliphatic rings. The number of thioether (sulfide) groups is 1. The summed E-state index contributed by atoms with van der Waals surface area (Å²) in [6.07, 6.45) is 3.63. The Morgan fingerprint density at radius 2 is 2.18 bits per heavy atom. The molecule has 0 amide bonds. The average Bonchev–Trinajstić information content (AvgIpc) is 2.80. The van der Waals surface area contributed by atoms with E-state index < -0.39 is 0 Å².